The van der Waals surface area contributed by atoms with E-state index in [1.807, 2.05) is 0 Å². The number of carbonyl (C=O) groups excluding carboxylic acids is 1. The van der Waals surface area contributed by atoms with Gasteiger partial charge in [-0.3, -0.25) is 0 Å². The minimum absolute atomic E-state index is 0.298. The van der Waals surface area contributed by atoms with Crippen LogP contribution >= 0.6 is 0 Å². The van der Waals surface area contributed by atoms with Crippen molar-refractivity contribution in [2.24, 2.45) is 23.3 Å². The van der Waals surface area contributed by atoms with Crippen LogP contribution in [0.4, 0.5) is 4.79 Å². The number of ether oxygens (including phenoxy) is 1. The summed E-state index contributed by atoms with van der Waals surface area (Å²) in [5, 5.41) is 2.84. The molecule has 0 aromatic rings. The van der Waals surface area contributed by atoms with E-state index in [0.717, 1.165) is 38.8 Å². The van der Waals surface area contributed by atoms with Crippen molar-refractivity contribution in [1.82, 2.24) is 5.32 Å². The fraction of sp³-hybridized carbons (Fsp3) is 0.923. The predicted octanol–water partition coefficient (Wildman–Crippen LogP) is 1.22. The van der Waals surface area contributed by atoms with Crippen molar-refractivity contribution in [3.8, 4) is 0 Å². The molecular formula is C13H27N3O2. The summed E-state index contributed by atoms with van der Waals surface area (Å²) >= 11 is 0. The summed E-state index contributed by atoms with van der Waals surface area (Å²) in [6.45, 7) is 2.63. The average Bonchev–Trinajstić information content (AvgIpc) is 2.42. The van der Waals surface area contributed by atoms with Crippen LogP contribution in [0.15, 0.2) is 0 Å². The maximum atomic E-state index is 11.4. The Labute approximate surface area is 110 Å². The smallest absolute Gasteiger partial charge is 0.407 e. The number of alkyl carbamates (subject to hydrolysis) is 1. The molecule has 0 radical (unpaired) electrons. The standard InChI is InChI=1S/C13H27N3O2/c14-7-1-2-8-18-13(17)16-10-12-5-3-11(9-15)4-6-12/h11-12H,1-10,14-15H2,(H,16,17). The average molecular weight is 257 g/mol. The number of hydrogen-bond acceptors (Lipinski definition) is 4. The molecule has 0 aromatic carbocycles. The van der Waals surface area contributed by atoms with Crippen molar-refractivity contribution in [2.75, 3.05) is 26.2 Å². The van der Waals surface area contributed by atoms with Crippen LogP contribution in [0.2, 0.25) is 0 Å². The molecule has 18 heavy (non-hydrogen) atoms. The number of nitrogens with two attached hydrogens (primary N) is 2. The Bertz CT molecular complexity index is 228. The molecule has 0 heterocycles. The fourth-order valence-electron chi connectivity index (χ4n) is 2.36. The van der Waals surface area contributed by atoms with E-state index in [9.17, 15) is 4.79 Å². The zero-order chi connectivity index (χ0) is 13.2. The molecule has 0 unspecified atom stereocenters. The number of hydrogen-bond donors (Lipinski definition) is 3. The van der Waals surface area contributed by atoms with E-state index in [2.05, 4.69) is 5.32 Å². The first-order valence-electron chi connectivity index (χ1n) is 7.07. The largest absolute Gasteiger partial charge is 0.450 e. The summed E-state index contributed by atoms with van der Waals surface area (Å²) in [6.07, 6.45) is 6.14. The third-order valence-corrected chi connectivity index (χ3v) is 3.67. The maximum Gasteiger partial charge on any atom is 0.407 e. The Morgan fingerprint density at radius 2 is 1.78 bits per heavy atom. The van der Waals surface area contributed by atoms with Gasteiger partial charge >= 0.3 is 6.09 Å². The fourth-order valence-corrected chi connectivity index (χ4v) is 2.36. The van der Waals surface area contributed by atoms with E-state index < -0.39 is 0 Å². The number of carbonyl (C=O) groups is 1. The maximum absolute atomic E-state index is 11.4. The molecule has 5 heteroatoms. The van der Waals surface area contributed by atoms with Crippen molar-refractivity contribution in [2.45, 2.75) is 38.5 Å². The van der Waals surface area contributed by atoms with Crippen LogP contribution in [0, 0.1) is 11.8 Å². The van der Waals surface area contributed by atoms with Gasteiger partial charge in [-0.15, -0.1) is 0 Å². The van der Waals surface area contributed by atoms with E-state index in [0.29, 0.717) is 25.0 Å². The Hall–Kier alpha value is -0.810. The lowest BCUT2D eigenvalue weighted by molar-refractivity contribution is 0.140. The molecule has 0 saturated heterocycles. The predicted molar refractivity (Wildman–Crippen MR) is 72.1 cm³/mol. The first-order valence-corrected chi connectivity index (χ1v) is 7.07. The van der Waals surface area contributed by atoms with Gasteiger partial charge in [-0.2, -0.15) is 0 Å². The van der Waals surface area contributed by atoms with Gasteiger partial charge in [0.25, 0.3) is 0 Å². The van der Waals surface area contributed by atoms with Gasteiger partial charge in [0, 0.05) is 6.54 Å². The molecule has 106 valence electrons. The van der Waals surface area contributed by atoms with E-state index >= 15 is 0 Å². The molecule has 0 atom stereocenters. The van der Waals surface area contributed by atoms with Crippen molar-refractivity contribution in [3.63, 3.8) is 0 Å². The molecule has 0 aromatic heterocycles. The number of amides is 1. The monoisotopic (exact) mass is 257 g/mol. The molecule has 0 aliphatic heterocycles. The molecule has 1 aliphatic carbocycles. The summed E-state index contributed by atoms with van der Waals surface area (Å²) in [7, 11) is 0. The van der Waals surface area contributed by atoms with Gasteiger partial charge in [-0.1, -0.05) is 0 Å². The SMILES string of the molecule is NCCCCOC(=O)NCC1CCC(CN)CC1. The van der Waals surface area contributed by atoms with E-state index in [1.54, 1.807) is 0 Å². The molecule has 0 bridgehead atoms. The second-order valence-corrected chi connectivity index (χ2v) is 5.14. The van der Waals surface area contributed by atoms with Crippen LogP contribution in [-0.4, -0.2) is 32.3 Å². The molecule has 1 fully saturated rings. The minimum Gasteiger partial charge on any atom is -0.450 e. The molecule has 5 nitrogen and oxygen atoms in total. The zero-order valence-corrected chi connectivity index (χ0v) is 11.2. The third kappa shape index (κ3) is 6.21. The third-order valence-electron chi connectivity index (χ3n) is 3.67. The number of nitrogens with one attached hydrogen (secondary N) is 1. The Kier molecular flexibility index (Phi) is 7.76. The van der Waals surface area contributed by atoms with Crippen LogP contribution in [0.1, 0.15) is 38.5 Å². The van der Waals surface area contributed by atoms with Crippen molar-refractivity contribution < 1.29 is 9.53 Å². The van der Waals surface area contributed by atoms with Gasteiger partial charge in [0.15, 0.2) is 0 Å². The highest BCUT2D eigenvalue weighted by Crippen LogP contribution is 2.27. The summed E-state index contributed by atoms with van der Waals surface area (Å²) in [5.74, 6) is 1.27. The van der Waals surface area contributed by atoms with Gasteiger partial charge < -0.3 is 21.5 Å². The van der Waals surface area contributed by atoms with Gasteiger partial charge in [0.1, 0.15) is 0 Å². The molecule has 1 saturated carbocycles. The quantitative estimate of drug-likeness (QED) is 0.598. The van der Waals surface area contributed by atoms with Crippen LogP contribution in [0.25, 0.3) is 0 Å². The first kappa shape index (κ1) is 15.2. The Morgan fingerprint density at radius 1 is 1.11 bits per heavy atom. The molecule has 0 spiro atoms. The first-order chi connectivity index (χ1) is 8.76. The Balaban J connectivity index is 2.01. The molecule has 1 amide bonds. The lowest BCUT2D eigenvalue weighted by atomic mass is 9.82. The molecule has 1 rings (SSSR count). The summed E-state index contributed by atoms with van der Waals surface area (Å²) < 4.78 is 5.05. The van der Waals surface area contributed by atoms with Crippen LogP contribution in [0.3, 0.4) is 0 Å². The topological polar surface area (TPSA) is 90.4 Å². The Morgan fingerprint density at radius 3 is 2.39 bits per heavy atom. The van der Waals surface area contributed by atoms with Crippen molar-refractivity contribution >= 4 is 6.09 Å². The second kappa shape index (κ2) is 9.16. The van der Waals surface area contributed by atoms with Crippen LogP contribution in [-0.2, 0) is 4.74 Å². The second-order valence-electron chi connectivity index (χ2n) is 5.14. The van der Waals surface area contributed by atoms with Crippen LogP contribution in [0.5, 0.6) is 0 Å². The highest BCUT2D eigenvalue weighted by Gasteiger charge is 2.20. The summed E-state index contributed by atoms with van der Waals surface area (Å²) in [6, 6.07) is 0. The van der Waals surface area contributed by atoms with E-state index in [4.69, 9.17) is 16.2 Å². The van der Waals surface area contributed by atoms with Gasteiger partial charge in [0.2, 0.25) is 0 Å². The molecule has 5 N–H and O–H groups in total. The van der Waals surface area contributed by atoms with E-state index in [-0.39, 0.29) is 6.09 Å². The number of rotatable bonds is 7. The minimum atomic E-state index is -0.298. The highest BCUT2D eigenvalue weighted by molar-refractivity contribution is 5.67. The number of unbranched alkanes of at least 4 members (excludes halogenated alkanes) is 1. The van der Waals surface area contributed by atoms with E-state index in [1.165, 1.54) is 12.8 Å². The molecule has 1 aliphatic rings. The lowest BCUT2D eigenvalue weighted by Crippen LogP contribution is -2.32. The van der Waals surface area contributed by atoms with Crippen molar-refractivity contribution in [3.05, 3.63) is 0 Å². The van der Waals surface area contributed by atoms with Gasteiger partial charge in [0.05, 0.1) is 6.61 Å². The van der Waals surface area contributed by atoms with Crippen LogP contribution < -0.4 is 16.8 Å². The van der Waals surface area contributed by atoms with Crippen molar-refractivity contribution in [1.29, 1.82) is 0 Å². The normalized spacial score (nSPS) is 23.7. The highest BCUT2D eigenvalue weighted by atomic mass is 16.5. The zero-order valence-electron chi connectivity index (χ0n) is 11.2. The van der Waals surface area contributed by atoms with Gasteiger partial charge in [-0.25, -0.2) is 4.79 Å². The summed E-state index contributed by atoms with van der Waals surface area (Å²) in [5.41, 5.74) is 11.0. The lowest BCUT2D eigenvalue weighted by Gasteiger charge is -2.27. The van der Waals surface area contributed by atoms with Gasteiger partial charge in [-0.05, 0) is 63.5 Å². The summed E-state index contributed by atoms with van der Waals surface area (Å²) in [4.78, 5) is 11.4. The molecular weight excluding hydrogens is 230 g/mol.